The Morgan fingerprint density at radius 2 is 1.90 bits per heavy atom. The first kappa shape index (κ1) is 15.9. The highest BCUT2D eigenvalue weighted by Crippen LogP contribution is 2.24. The van der Waals surface area contributed by atoms with Crippen LogP contribution < -0.4 is 10.2 Å². The van der Waals surface area contributed by atoms with Gasteiger partial charge in [-0.2, -0.15) is 0 Å². The zero-order chi connectivity index (χ0) is 15.4. The molecule has 3 heteroatoms. The number of hydrogen-bond acceptors (Lipinski definition) is 2. The van der Waals surface area contributed by atoms with Crippen LogP contribution in [-0.4, -0.2) is 24.5 Å². The molecule has 116 valence electrons. The zero-order valence-electron chi connectivity index (χ0n) is 13.8. The van der Waals surface area contributed by atoms with Crippen LogP contribution in [-0.2, 0) is 4.79 Å². The molecule has 2 rings (SSSR count). The molecule has 0 radical (unpaired) electrons. The van der Waals surface area contributed by atoms with E-state index in [1.165, 1.54) is 11.1 Å². The van der Waals surface area contributed by atoms with Crippen molar-refractivity contribution in [3.05, 3.63) is 29.3 Å². The van der Waals surface area contributed by atoms with E-state index in [0.717, 1.165) is 31.4 Å². The highest BCUT2D eigenvalue weighted by atomic mass is 16.2. The van der Waals surface area contributed by atoms with Crippen LogP contribution in [0.3, 0.4) is 0 Å². The number of nitrogens with one attached hydrogen (secondary N) is 1. The molecule has 0 aromatic heterocycles. The predicted octanol–water partition coefficient (Wildman–Crippen LogP) is 3.58. The number of carbonyl (C=O) groups excluding carboxylic acids is 1. The summed E-state index contributed by atoms with van der Waals surface area (Å²) in [7, 11) is 0. The number of benzene rings is 1. The number of nitrogens with zero attached hydrogens (tertiary/aromatic N) is 1. The molecule has 21 heavy (non-hydrogen) atoms. The molecule has 1 N–H and O–H groups in total. The highest BCUT2D eigenvalue weighted by Gasteiger charge is 2.25. The fourth-order valence-electron chi connectivity index (χ4n) is 2.72. The third-order valence-corrected chi connectivity index (χ3v) is 4.46. The maximum atomic E-state index is 12.2. The van der Waals surface area contributed by atoms with Gasteiger partial charge in [0.15, 0.2) is 0 Å². The lowest BCUT2D eigenvalue weighted by Crippen LogP contribution is -2.43. The van der Waals surface area contributed by atoms with Crippen LogP contribution in [0.15, 0.2) is 18.2 Å². The summed E-state index contributed by atoms with van der Waals surface area (Å²) in [5, 5.41) is 3.10. The van der Waals surface area contributed by atoms with Crippen molar-refractivity contribution in [3.8, 4) is 0 Å². The van der Waals surface area contributed by atoms with Gasteiger partial charge in [0.1, 0.15) is 0 Å². The van der Waals surface area contributed by atoms with Gasteiger partial charge in [0.2, 0.25) is 5.91 Å². The second-order valence-corrected chi connectivity index (χ2v) is 6.21. The van der Waals surface area contributed by atoms with Crippen LogP contribution in [0.5, 0.6) is 0 Å². The summed E-state index contributed by atoms with van der Waals surface area (Å²) in [6.07, 6.45) is 4.39. The molecule has 1 fully saturated rings. The number of amides is 1. The summed E-state index contributed by atoms with van der Waals surface area (Å²) >= 11 is 0. The zero-order valence-corrected chi connectivity index (χ0v) is 13.8. The minimum atomic E-state index is 0.155. The molecule has 1 saturated carbocycles. The van der Waals surface area contributed by atoms with E-state index in [0.29, 0.717) is 18.6 Å². The Balaban J connectivity index is 2.16. The van der Waals surface area contributed by atoms with Gasteiger partial charge in [-0.1, -0.05) is 19.9 Å². The molecule has 0 bridgehead atoms. The van der Waals surface area contributed by atoms with Gasteiger partial charge in [0.05, 0.1) is 6.54 Å². The third-order valence-electron chi connectivity index (χ3n) is 4.46. The number of carbonyl (C=O) groups is 1. The molecule has 1 amide bonds. The maximum absolute atomic E-state index is 12.2. The van der Waals surface area contributed by atoms with Crippen molar-refractivity contribution >= 4 is 11.6 Å². The number of rotatable bonds is 7. The molecule has 0 atom stereocenters. The summed E-state index contributed by atoms with van der Waals surface area (Å²) in [5.74, 6) is 0.155. The normalized spacial score (nSPS) is 14.3. The second-order valence-electron chi connectivity index (χ2n) is 6.21. The Hall–Kier alpha value is -1.51. The van der Waals surface area contributed by atoms with E-state index in [4.69, 9.17) is 0 Å². The first-order valence-corrected chi connectivity index (χ1v) is 8.18. The molecule has 1 aromatic rings. The fraction of sp³-hybridized carbons (Fsp3) is 0.611. The average molecular weight is 288 g/mol. The fourth-order valence-corrected chi connectivity index (χ4v) is 2.72. The molecule has 1 aliphatic carbocycles. The van der Waals surface area contributed by atoms with Crippen molar-refractivity contribution in [2.45, 2.75) is 65.5 Å². The maximum Gasteiger partial charge on any atom is 0.239 e. The topological polar surface area (TPSA) is 32.3 Å². The smallest absolute Gasteiger partial charge is 0.239 e. The lowest BCUT2D eigenvalue weighted by atomic mass is 10.1. The summed E-state index contributed by atoms with van der Waals surface area (Å²) in [6.45, 7) is 9.11. The van der Waals surface area contributed by atoms with Gasteiger partial charge in [0, 0.05) is 17.8 Å². The monoisotopic (exact) mass is 288 g/mol. The lowest BCUT2D eigenvalue weighted by Gasteiger charge is -2.32. The van der Waals surface area contributed by atoms with Crippen molar-refractivity contribution in [3.63, 3.8) is 0 Å². The van der Waals surface area contributed by atoms with Crippen LogP contribution in [0.4, 0.5) is 5.69 Å². The predicted molar refractivity (Wildman–Crippen MR) is 88.8 cm³/mol. The highest BCUT2D eigenvalue weighted by molar-refractivity contribution is 5.82. The first-order valence-electron chi connectivity index (χ1n) is 8.18. The van der Waals surface area contributed by atoms with Crippen molar-refractivity contribution in [2.24, 2.45) is 0 Å². The molecule has 0 saturated heterocycles. The molecule has 0 spiro atoms. The first-order chi connectivity index (χ1) is 10.0. The van der Waals surface area contributed by atoms with E-state index in [1.54, 1.807) is 0 Å². The van der Waals surface area contributed by atoms with Crippen LogP contribution >= 0.6 is 0 Å². The summed E-state index contributed by atoms with van der Waals surface area (Å²) in [4.78, 5) is 14.5. The lowest BCUT2D eigenvalue weighted by molar-refractivity contribution is -0.120. The van der Waals surface area contributed by atoms with Crippen LogP contribution in [0.1, 0.15) is 50.7 Å². The molecule has 0 aliphatic heterocycles. The van der Waals surface area contributed by atoms with E-state index in [2.05, 4.69) is 56.1 Å². The Bertz CT molecular complexity index is 490. The second kappa shape index (κ2) is 6.97. The van der Waals surface area contributed by atoms with E-state index in [-0.39, 0.29) is 5.91 Å². The van der Waals surface area contributed by atoms with Gasteiger partial charge in [-0.15, -0.1) is 0 Å². The Kier molecular flexibility index (Phi) is 5.27. The minimum absolute atomic E-state index is 0.155. The summed E-state index contributed by atoms with van der Waals surface area (Å²) in [6, 6.07) is 7.35. The largest absolute Gasteiger partial charge is 0.359 e. The molecular weight excluding hydrogens is 260 g/mol. The third kappa shape index (κ3) is 4.23. The molecule has 1 aromatic carbocycles. The average Bonchev–Trinajstić information content (AvgIpc) is 3.26. The molecular formula is C18H28N2O. The quantitative estimate of drug-likeness (QED) is 0.832. The van der Waals surface area contributed by atoms with Crippen molar-refractivity contribution in [2.75, 3.05) is 11.4 Å². The van der Waals surface area contributed by atoms with Gasteiger partial charge in [0.25, 0.3) is 0 Å². The number of hydrogen-bond donors (Lipinski definition) is 1. The molecule has 1 aliphatic rings. The SMILES string of the molecule is CCC(CC)N(CC(=O)NC1CC1)c1ccc(C)c(C)c1. The summed E-state index contributed by atoms with van der Waals surface area (Å²) < 4.78 is 0. The van der Waals surface area contributed by atoms with Gasteiger partial charge in [-0.3, -0.25) is 4.79 Å². The standard InChI is InChI=1S/C18H28N2O/c1-5-16(6-2)20(12-18(21)19-15-8-9-15)17-10-7-13(3)14(4)11-17/h7,10-11,15-16H,5-6,8-9,12H2,1-4H3,(H,19,21). The molecule has 3 nitrogen and oxygen atoms in total. The van der Waals surface area contributed by atoms with Gasteiger partial charge < -0.3 is 10.2 Å². The Labute approximate surface area is 128 Å². The summed E-state index contributed by atoms with van der Waals surface area (Å²) in [5.41, 5.74) is 3.74. The number of anilines is 1. The van der Waals surface area contributed by atoms with Crippen molar-refractivity contribution in [1.82, 2.24) is 5.32 Å². The van der Waals surface area contributed by atoms with Gasteiger partial charge in [-0.05, 0) is 62.8 Å². The van der Waals surface area contributed by atoms with Crippen LogP contribution in [0.25, 0.3) is 0 Å². The van der Waals surface area contributed by atoms with E-state index in [9.17, 15) is 4.79 Å². The number of aryl methyl sites for hydroxylation is 2. The Morgan fingerprint density at radius 1 is 1.24 bits per heavy atom. The van der Waals surface area contributed by atoms with E-state index < -0.39 is 0 Å². The molecule has 0 unspecified atom stereocenters. The van der Waals surface area contributed by atoms with Gasteiger partial charge >= 0.3 is 0 Å². The Morgan fingerprint density at radius 3 is 2.43 bits per heavy atom. The molecule has 0 heterocycles. The van der Waals surface area contributed by atoms with Gasteiger partial charge in [-0.25, -0.2) is 0 Å². The minimum Gasteiger partial charge on any atom is -0.359 e. The van der Waals surface area contributed by atoms with Crippen LogP contribution in [0, 0.1) is 13.8 Å². The van der Waals surface area contributed by atoms with Crippen molar-refractivity contribution in [1.29, 1.82) is 0 Å². The van der Waals surface area contributed by atoms with Crippen molar-refractivity contribution < 1.29 is 4.79 Å². The van der Waals surface area contributed by atoms with E-state index >= 15 is 0 Å². The van der Waals surface area contributed by atoms with Crippen LogP contribution in [0.2, 0.25) is 0 Å². The van der Waals surface area contributed by atoms with E-state index in [1.807, 2.05) is 0 Å².